The lowest BCUT2D eigenvalue weighted by molar-refractivity contribution is 1.15. The summed E-state index contributed by atoms with van der Waals surface area (Å²) in [5, 5.41) is 10.4. The van der Waals surface area contributed by atoms with Gasteiger partial charge in [0.25, 0.3) is 0 Å². The maximum absolute atomic E-state index is 2.49. The Morgan fingerprint density at radius 1 is 0.538 bits per heavy atom. The molecule has 184 valence electrons. The van der Waals surface area contributed by atoms with Crippen molar-refractivity contribution in [1.29, 1.82) is 0 Å². The molecular weight excluding hydrogens is 470 g/mol. The fourth-order valence-corrected chi connectivity index (χ4v) is 6.67. The SMILES string of the molecule is Cc1c(C2=CC=C(n3c4ccccc4c4ccc5ccccc5c43)CC=C2)c2ccccc2c2ccccc12. The van der Waals surface area contributed by atoms with E-state index >= 15 is 0 Å². The molecule has 1 heterocycles. The largest absolute Gasteiger partial charge is 0.312 e. The van der Waals surface area contributed by atoms with Gasteiger partial charge in [-0.25, -0.2) is 0 Å². The highest BCUT2D eigenvalue weighted by Crippen LogP contribution is 2.40. The van der Waals surface area contributed by atoms with Crippen molar-refractivity contribution in [3.05, 3.63) is 145 Å². The normalized spacial score (nSPS) is 13.9. The van der Waals surface area contributed by atoms with Crippen LogP contribution in [0.4, 0.5) is 0 Å². The first-order valence-corrected chi connectivity index (χ1v) is 13.7. The van der Waals surface area contributed by atoms with Gasteiger partial charge in [0.15, 0.2) is 0 Å². The summed E-state index contributed by atoms with van der Waals surface area (Å²) in [6.45, 7) is 2.27. The second-order valence-corrected chi connectivity index (χ2v) is 10.5. The molecule has 1 heteroatoms. The molecule has 1 aliphatic carbocycles. The third-order valence-electron chi connectivity index (χ3n) is 8.41. The third kappa shape index (κ3) is 3.26. The number of allylic oxidation sites excluding steroid dienone is 6. The predicted molar refractivity (Wildman–Crippen MR) is 169 cm³/mol. The van der Waals surface area contributed by atoms with Crippen molar-refractivity contribution in [2.24, 2.45) is 0 Å². The number of hydrogen-bond donors (Lipinski definition) is 0. The summed E-state index contributed by atoms with van der Waals surface area (Å²) >= 11 is 0. The van der Waals surface area contributed by atoms with Crippen LogP contribution in [-0.2, 0) is 0 Å². The molecule has 0 amide bonds. The first-order chi connectivity index (χ1) is 19.3. The minimum Gasteiger partial charge on any atom is -0.312 e. The zero-order valence-corrected chi connectivity index (χ0v) is 21.9. The van der Waals surface area contributed by atoms with Crippen molar-refractivity contribution >= 4 is 65.4 Å². The summed E-state index contributed by atoms with van der Waals surface area (Å²) in [7, 11) is 0. The van der Waals surface area contributed by atoms with Gasteiger partial charge in [0.05, 0.1) is 11.0 Å². The number of benzene rings is 6. The van der Waals surface area contributed by atoms with Crippen molar-refractivity contribution in [3.8, 4) is 0 Å². The van der Waals surface area contributed by atoms with Crippen LogP contribution in [0.25, 0.3) is 65.4 Å². The van der Waals surface area contributed by atoms with Crippen LogP contribution in [-0.4, -0.2) is 4.57 Å². The van der Waals surface area contributed by atoms with Crippen molar-refractivity contribution in [2.45, 2.75) is 13.3 Å². The van der Waals surface area contributed by atoms with E-state index in [0.29, 0.717) is 0 Å². The van der Waals surface area contributed by atoms with Crippen LogP contribution in [0.15, 0.2) is 133 Å². The highest BCUT2D eigenvalue weighted by atomic mass is 15.0. The Morgan fingerprint density at radius 3 is 2.00 bits per heavy atom. The number of aryl methyl sites for hydroxylation is 1. The average Bonchev–Trinajstić information content (AvgIpc) is 3.14. The van der Waals surface area contributed by atoms with Crippen LogP contribution in [0.3, 0.4) is 0 Å². The van der Waals surface area contributed by atoms with Gasteiger partial charge in [0.2, 0.25) is 0 Å². The molecule has 0 aliphatic heterocycles. The van der Waals surface area contributed by atoms with E-state index in [1.54, 1.807) is 0 Å². The molecular formula is C38H27N. The number of aromatic nitrogens is 1. The Morgan fingerprint density at radius 2 is 1.18 bits per heavy atom. The lowest BCUT2D eigenvalue weighted by atomic mass is 9.88. The second kappa shape index (κ2) is 8.58. The van der Waals surface area contributed by atoms with E-state index in [9.17, 15) is 0 Å². The van der Waals surface area contributed by atoms with E-state index in [4.69, 9.17) is 0 Å². The molecule has 7 aromatic rings. The molecule has 1 aromatic heterocycles. The highest BCUT2D eigenvalue weighted by Gasteiger charge is 2.18. The first-order valence-electron chi connectivity index (χ1n) is 13.7. The molecule has 0 atom stereocenters. The maximum Gasteiger partial charge on any atom is 0.0616 e. The molecule has 0 spiro atoms. The van der Waals surface area contributed by atoms with Crippen molar-refractivity contribution in [1.82, 2.24) is 4.57 Å². The summed E-state index contributed by atoms with van der Waals surface area (Å²) in [5.41, 5.74) is 7.75. The van der Waals surface area contributed by atoms with E-state index < -0.39 is 0 Å². The molecule has 8 rings (SSSR count). The molecule has 0 fully saturated rings. The monoisotopic (exact) mass is 497 g/mol. The Labute approximate surface area is 227 Å². The van der Waals surface area contributed by atoms with Crippen LogP contribution in [0.2, 0.25) is 0 Å². The Bertz CT molecular complexity index is 2200. The summed E-state index contributed by atoms with van der Waals surface area (Å²) in [4.78, 5) is 0. The van der Waals surface area contributed by atoms with Crippen LogP contribution in [0.1, 0.15) is 17.5 Å². The summed E-state index contributed by atoms with van der Waals surface area (Å²) in [6, 6.07) is 39.7. The van der Waals surface area contributed by atoms with Crippen LogP contribution >= 0.6 is 0 Å². The summed E-state index contributed by atoms with van der Waals surface area (Å²) in [5.74, 6) is 0. The topological polar surface area (TPSA) is 4.93 Å². The molecule has 0 N–H and O–H groups in total. The standard InChI is InChI=1S/C38H27N/c1-25-29-14-4-5-16-31(29)32-17-6-7-19-34(32)37(25)27-12-10-13-28(23-21-27)39-36-20-9-8-18-33(36)35-24-22-26-11-2-3-15-30(26)38(35)39/h2-12,14-24H,13H2,1H3. The van der Waals surface area contributed by atoms with Gasteiger partial charge in [0, 0.05) is 28.3 Å². The number of rotatable bonds is 2. The van der Waals surface area contributed by atoms with Gasteiger partial charge in [-0.05, 0) is 62.7 Å². The molecule has 0 bridgehead atoms. The lowest BCUT2D eigenvalue weighted by Gasteiger charge is -2.15. The fourth-order valence-electron chi connectivity index (χ4n) is 6.67. The Balaban J connectivity index is 1.41. The Hall–Kier alpha value is -4.88. The van der Waals surface area contributed by atoms with E-state index in [0.717, 1.165) is 6.42 Å². The zero-order valence-electron chi connectivity index (χ0n) is 21.9. The van der Waals surface area contributed by atoms with Crippen LogP contribution in [0, 0.1) is 6.92 Å². The van der Waals surface area contributed by atoms with Crippen LogP contribution in [0.5, 0.6) is 0 Å². The minimum absolute atomic E-state index is 0.863. The summed E-state index contributed by atoms with van der Waals surface area (Å²) in [6.07, 6.45) is 10.2. The van der Waals surface area contributed by atoms with Gasteiger partial charge >= 0.3 is 0 Å². The van der Waals surface area contributed by atoms with Gasteiger partial charge in [-0.15, -0.1) is 0 Å². The molecule has 0 radical (unpaired) electrons. The Kier molecular flexibility index (Phi) is 4.87. The lowest BCUT2D eigenvalue weighted by Crippen LogP contribution is -1.96. The van der Waals surface area contributed by atoms with E-state index in [1.807, 2.05) is 0 Å². The van der Waals surface area contributed by atoms with Gasteiger partial charge in [0.1, 0.15) is 0 Å². The molecule has 1 aliphatic rings. The average molecular weight is 498 g/mol. The van der Waals surface area contributed by atoms with Gasteiger partial charge in [-0.1, -0.05) is 121 Å². The quantitative estimate of drug-likeness (QED) is 0.209. The molecule has 0 unspecified atom stereocenters. The first kappa shape index (κ1) is 22.1. The van der Waals surface area contributed by atoms with Crippen molar-refractivity contribution in [3.63, 3.8) is 0 Å². The fraction of sp³-hybridized carbons (Fsp3) is 0.0526. The van der Waals surface area contributed by atoms with E-state index in [1.165, 1.54) is 76.5 Å². The van der Waals surface area contributed by atoms with Crippen LogP contribution < -0.4 is 0 Å². The van der Waals surface area contributed by atoms with Gasteiger partial charge < -0.3 is 4.57 Å². The van der Waals surface area contributed by atoms with Crippen molar-refractivity contribution in [2.75, 3.05) is 0 Å². The molecule has 0 saturated carbocycles. The molecule has 1 nitrogen and oxygen atoms in total. The number of nitrogens with zero attached hydrogens (tertiary/aromatic N) is 1. The van der Waals surface area contributed by atoms with E-state index in [2.05, 4.69) is 145 Å². The number of hydrogen-bond acceptors (Lipinski definition) is 0. The molecule has 6 aromatic carbocycles. The third-order valence-corrected chi connectivity index (χ3v) is 8.41. The predicted octanol–water partition coefficient (Wildman–Crippen LogP) is 10.4. The van der Waals surface area contributed by atoms with E-state index in [-0.39, 0.29) is 0 Å². The molecule has 39 heavy (non-hydrogen) atoms. The van der Waals surface area contributed by atoms with Gasteiger partial charge in [-0.2, -0.15) is 0 Å². The maximum atomic E-state index is 2.49. The second-order valence-electron chi connectivity index (χ2n) is 10.5. The smallest absolute Gasteiger partial charge is 0.0616 e. The minimum atomic E-state index is 0.863. The van der Waals surface area contributed by atoms with Crippen molar-refractivity contribution < 1.29 is 0 Å². The number of fused-ring (bicyclic) bond motifs is 8. The van der Waals surface area contributed by atoms with Gasteiger partial charge in [-0.3, -0.25) is 0 Å². The zero-order chi connectivity index (χ0) is 25.9. The highest BCUT2D eigenvalue weighted by molar-refractivity contribution is 6.19. The number of para-hydroxylation sites is 1. The molecule has 0 saturated heterocycles. The summed E-state index contributed by atoms with van der Waals surface area (Å²) < 4.78 is 2.49.